The molecule has 0 aromatic carbocycles. The summed E-state index contributed by atoms with van der Waals surface area (Å²) in [6.07, 6.45) is 10.5. The standard InChI is InChI=1S/C17H29N3O/c21-17(20-11-9-19(10-12-20)14-6-7-14)16-8-5-13-3-1-2-4-15(13)18-16/h13-16,18H,1-12H2. The second kappa shape index (κ2) is 5.88. The summed E-state index contributed by atoms with van der Waals surface area (Å²) in [7, 11) is 0. The number of piperidine rings is 1. The maximum absolute atomic E-state index is 12.8. The third-order valence-electron chi connectivity index (χ3n) is 6.14. The summed E-state index contributed by atoms with van der Waals surface area (Å²) in [4.78, 5) is 17.5. The molecule has 2 aliphatic carbocycles. The summed E-state index contributed by atoms with van der Waals surface area (Å²) in [5, 5.41) is 3.69. The molecule has 4 aliphatic rings. The van der Waals surface area contributed by atoms with Crippen LogP contribution in [0.1, 0.15) is 51.4 Å². The Balaban J connectivity index is 1.30. The largest absolute Gasteiger partial charge is 0.339 e. The highest BCUT2D eigenvalue weighted by Crippen LogP contribution is 2.33. The number of hydrogen-bond donors (Lipinski definition) is 1. The molecular weight excluding hydrogens is 262 g/mol. The Hall–Kier alpha value is -0.610. The van der Waals surface area contributed by atoms with Crippen LogP contribution in [-0.2, 0) is 4.79 Å². The van der Waals surface area contributed by atoms with E-state index in [0.29, 0.717) is 11.9 Å². The molecule has 0 spiro atoms. The highest BCUT2D eigenvalue weighted by atomic mass is 16.2. The topological polar surface area (TPSA) is 35.6 Å². The number of piperazine rings is 1. The van der Waals surface area contributed by atoms with Gasteiger partial charge in [-0.3, -0.25) is 9.69 Å². The number of amides is 1. The van der Waals surface area contributed by atoms with E-state index in [-0.39, 0.29) is 6.04 Å². The van der Waals surface area contributed by atoms with E-state index in [2.05, 4.69) is 15.1 Å². The van der Waals surface area contributed by atoms with Gasteiger partial charge in [0.15, 0.2) is 0 Å². The van der Waals surface area contributed by atoms with Crippen LogP contribution in [0.5, 0.6) is 0 Å². The van der Waals surface area contributed by atoms with E-state index in [1.807, 2.05) is 0 Å². The molecule has 4 rings (SSSR count). The van der Waals surface area contributed by atoms with Crippen molar-refractivity contribution in [2.45, 2.75) is 69.5 Å². The normalized spacial score (nSPS) is 38.1. The Labute approximate surface area is 128 Å². The van der Waals surface area contributed by atoms with Gasteiger partial charge in [-0.2, -0.15) is 0 Å². The number of nitrogens with one attached hydrogen (secondary N) is 1. The Morgan fingerprint density at radius 3 is 2.38 bits per heavy atom. The predicted molar refractivity (Wildman–Crippen MR) is 83.1 cm³/mol. The Kier molecular flexibility index (Phi) is 3.92. The van der Waals surface area contributed by atoms with Crippen molar-refractivity contribution in [3.8, 4) is 0 Å². The molecular formula is C17H29N3O. The van der Waals surface area contributed by atoms with E-state index < -0.39 is 0 Å². The predicted octanol–water partition coefficient (Wildman–Crippen LogP) is 1.60. The Bertz CT molecular complexity index is 387. The van der Waals surface area contributed by atoms with Crippen LogP contribution >= 0.6 is 0 Å². The third-order valence-corrected chi connectivity index (χ3v) is 6.14. The first kappa shape index (κ1) is 14.0. The molecule has 0 aromatic heterocycles. The molecule has 118 valence electrons. The van der Waals surface area contributed by atoms with E-state index >= 15 is 0 Å². The summed E-state index contributed by atoms with van der Waals surface area (Å²) in [6.45, 7) is 4.08. The minimum Gasteiger partial charge on any atom is -0.339 e. The molecule has 1 amide bonds. The number of nitrogens with zero attached hydrogens (tertiary/aromatic N) is 2. The van der Waals surface area contributed by atoms with Crippen molar-refractivity contribution in [2.75, 3.05) is 26.2 Å². The van der Waals surface area contributed by atoms with Gasteiger partial charge in [0.1, 0.15) is 0 Å². The Morgan fingerprint density at radius 1 is 0.857 bits per heavy atom. The summed E-state index contributed by atoms with van der Waals surface area (Å²) < 4.78 is 0. The zero-order valence-corrected chi connectivity index (χ0v) is 13.1. The second-order valence-electron chi connectivity index (χ2n) is 7.54. The molecule has 3 unspecified atom stereocenters. The number of fused-ring (bicyclic) bond motifs is 1. The highest BCUT2D eigenvalue weighted by Gasteiger charge is 2.38. The number of carbonyl (C=O) groups is 1. The zero-order chi connectivity index (χ0) is 14.2. The lowest BCUT2D eigenvalue weighted by Gasteiger charge is -2.42. The summed E-state index contributed by atoms with van der Waals surface area (Å²) in [6, 6.07) is 1.57. The lowest BCUT2D eigenvalue weighted by molar-refractivity contribution is -0.136. The molecule has 3 atom stereocenters. The van der Waals surface area contributed by atoms with Gasteiger partial charge in [-0.1, -0.05) is 12.8 Å². The van der Waals surface area contributed by atoms with Crippen LogP contribution in [0.15, 0.2) is 0 Å². The fourth-order valence-electron chi connectivity index (χ4n) is 4.66. The first-order valence-electron chi connectivity index (χ1n) is 9.10. The van der Waals surface area contributed by atoms with E-state index in [1.54, 1.807) is 0 Å². The van der Waals surface area contributed by atoms with Crippen LogP contribution < -0.4 is 5.32 Å². The van der Waals surface area contributed by atoms with E-state index in [4.69, 9.17) is 0 Å². The van der Waals surface area contributed by atoms with Crippen LogP contribution in [0.25, 0.3) is 0 Å². The van der Waals surface area contributed by atoms with Crippen molar-refractivity contribution >= 4 is 5.91 Å². The molecule has 0 bridgehead atoms. The fraction of sp³-hybridized carbons (Fsp3) is 0.941. The second-order valence-corrected chi connectivity index (χ2v) is 7.54. The quantitative estimate of drug-likeness (QED) is 0.839. The van der Waals surface area contributed by atoms with Crippen molar-refractivity contribution in [1.82, 2.24) is 15.1 Å². The summed E-state index contributed by atoms with van der Waals surface area (Å²) >= 11 is 0. The monoisotopic (exact) mass is 291 g/mol. The first-order chi connectivity index (χ1) is 10.3. The molecule has 1 N–H and O–H groups in total. The number of rotatable bonds is 2. The molecule has 21 heavy (non-hydrogen) atoms. The van der Waals surface area contributed by atoms with Crippen LogP contribution in [0, 0.1) is 5.92 Å². The number of carbonyl (C=O) groups excluding carboxylic acids is 1. The van der Waals surface area contributed by atoms with Gasteiger partial charge in [0.2, 0.25) is 5.91 Å². The maximum atomic E-state index is 12.8. The first-order valence-corrected chi connectivity index (χ1v) is 9.10. The average molecular weight is 291 g/mol. The van der Waals surface area contributed by atoms with Crippen LogP contribution in [0.2, 0.25) is 0 Å². The molecule has 0 radical (unpaired) electrons. The van der Waals surface area contributed by atoms with E-state index in [1.165, 1.54) is 44.9 Å². The summed E-state index contributed by atoms with van der Waals surface area (Å²) in [5.74, 6) is 1.23. The van der Waals surface area contributed by atoms with Gasteiger partial charge in [-0.25, -0.2) is 0 Å². The van der Waals surface area contributed by atoms with Crippen LogP contribution in [0.4, 0.5) is 0 Å². The van der Waals surface area contributed by atoms with Crippen molar-refractivity contribution in [2.24, 2.45) is 5.92 Å². The van der Waals surface area contributed by atoms with Gasteiger partial charge in [0, 0.05) is 38.3 Å². The zero-order valence-electron chi connectivity index (χ0n) is 13.1. The molecule has 2 saturated carbocycles. The van der Waals surface area contributed by atoms with Gasteiger partial charge in [0.25, 0.3) is 0 Å². The number of hydrogen-bond acceptors (Lipinski definition) is 3. The Morgan fingerprint density at radius 2 is 1.62 bits per heavy atom. The molecule has 0 aromatic rings. The molecule has 2 saturated heterocycles. The van der Waals surface area contributed by atoms with Crippen LogP contribution in [0.3, 0.4) is 0 Å². The summed E-state index contributed by atoms with van der Waals surface area (Å²) in [5.41, 5.74) is 0. The minimum absolute atomic E-state index is 0.108. The van der Waals surface area contributed by atoms with Crippen molar-refractivity contribution < 1.29 is 4.79 Å². The van der Waals surface area contributed by atoms with Crippen molar-refractivity contribution in [3.05, 3.63) is 0 Å². The molecule has 4 fully saturated rings. The van der Waals surface area contributed by atoms with Gasteiger partial charge in [-0.05, 0) is 44.4 Å². The molecule has 2 aliphatic heterocycles. The van der Waals surface area contributed by atoms with E-state index in [9.17, 15) is 4.79 Å². The van der Waals surface area contributed by atoms with Gasteiger partial charge in [-0.15, -0.1) is 0 Å². The highest BCUT2D eigenvalue weighted by molar-refractivity contribution is 5.82. The van der Waals surface area contributed by atoms with Crippen LogP contribution in [-0.4, -0.2) is 60.0 Å². The van der Waals surface area contributed by atoms with Gasteiger partial charge >= 0.3 is 0 Å². The molecule has 4 nitrogen and oxygen atoms in total. The fourth-order valence-corrected chi connectivity index (χ4v) is 4.66. The SMILES string of the molecule is O=C(C1CCC2CCCCC2N1)N1CCN(C2CC2)CC1. The van der Waals surface area contributed by atoms with Crippen molar-refractivity contribution in [1.29, 1.82) is 0 Å². The van der Waals surface area contributed by atoms with Gasteiger partial charge in [0.05, 0.1) is 6.04 Å². The minimum atomic E-state index is 0.108. The lowest BCUT2D eigenvalue weighted by atomic mass is 9.77. The average Bonchev–Trinajstić information content (AvgIpc) is 3.39. The molecule has 2 heterocycles. The van der Waals surface area contributed by atoms with E-state index in [0.717, 1.165) is 44.6 Å². The third kappa shape index (κ3) is 2.98. The molecule has 4 heteroatoms. The maximum Gasteiger partial charge on any atom is 0.239 e. The van der Waals surface area contributed by atoms with Gasteiger partial charge < -0.3 is 10.2 Å². The lowest BCUT2D eigenvalue weighted by Crippen LogP contribution is -2.58. The van der Waals surface area contributed by atoms with Crippen molar-refractivity contribution in [3.63, 3.8) is 0 Å². The smallest absolute Gasteiger partial charge is 0.239 e.